The van der Waals surface area contributed by atoms with Gasteiger partial charge in [0.25, 0.3) is 0 Å². The lowest BCUT2D eigenvalue weighted by Crippen LogP contribution is -2.64. The molecule has 0 spiro atoms. The zero-order valence-corrected chi connectivity index (χ0v) is 38.1. The van der Waals surface area contributed by atoms with Crippen molar-refractivity contribution >= 4 is 19.8 Å². The Balaban J connectivity index is 2.50. The fourth-order valence-corrected chi connectivity index (χ4v) is 7.55. The van der Waals surface area contributed by atoms with Crippen LogP contribution >= 0.6 is 7.82 Å². The van der Waals surface area contributed by atoms with Crippen molar-refractivity contribution in [3.8, 4) is 0 Å². The highest BCUT2D eigenvalue weighted by Gasteiger charge is 2.51. The van der Waals surface area contributed by atoms with E-state index in [4.69, 9.17) is 18.5 Å². The number of hydrogen-bond acceptors (Lipinski definition) is 12. The Morgan fingerprint density at radius 3 is 1.48 bits per heavy atom. The Morgan fingerprint density at radius 1 is 0.525 bits per heavy atom. The number of rotatable bonds is 37. The van der Waals surface area contributed by atoms with Gasteiger partial charge in [-0.3, -0.25) is 18.6 Å². The lowest BCUT2D eigenvalue weighted by atomic mass is 9.85. The molecule has 0 aliphatic heterocycles. The number of phosphoric ester groups is 1. The minimum absolute atomic E-state index is 0.0714. The van der Waals surface area contributed by atoms with Crippen LogP contribution in [0.2, 0.25) is 0 Å². The number of esters is 2. The highest BCUT2D eigenvalue weighted by molar-refractivity contribution is 7.47. The van der Waals surface area contributed by atoms with Gasteiger partial charge in [-0.2, -0.15) is 0 Å². The summed E-state index contributed by atoms with van der Waals surface area (Å²) < 4.78 is 33.5. The van der Waals surface area contributed by atoms with Crippen molar-refractivity contribution < 1.29 is 63.1 Å². The maximum absolute atomic E-state index is 12.8. The number of ether oxygens (including phenoxy) is 2. The molecule has 0 aromatic carbocycles. The molecule has 0 aromatic rings. The van der Waals surface area contributed by atoms with Gasteiger partial charge in [-0.1, -0.05) is 139 Å². The number of allylic oxidation sites excluding steroid dienone is 10. The van der Waals surface area contributed by atoms with E-state index in [1.165, 1.54) is 44.9 Å². The van der Waals surface area contributed by atoms with Gasteiger partial charge in [0.15, 0.2) is 6.10 Å². The van der Waals surface area contributed by atoms with Crippen LogP contribution in [0.5, 0.6) is 0 Å². The van der Waals surface area contributed by atoms with Crippen LogP contribution < -0.4 is 0 Å². The van der Waals surface area contributed by atoms with E-state index in [2.05, 4.69) is 74.6 Å². The molecule has 61 heavy (non-hydrogen) atoms. The average molecular weight is 885 g/mol. The normalized spacial score (nSPS) is 22.6. The Labute approximate surface area is 366 Å². The average Bonchev–Trinajstić information content (AvgIpc) is 3.24. The van der Waals surface area contributed by atoms with E-state index in [0.29, 0.717) is 12.8 Å². The van der Waals surface area contributed by atoms with Gasteiger partial charge in [-0.05, 0) is 77.0 Å². The summed E-state index contributed by atoms with van der Waals surface area (Å²) in [5.41, 5.74) is 0. The minimum Gasteiger partial charge on any atom is -0.462 e. The molecule has 0 bridgehead atoms. The first kappa shape index (κ1) is 56.6. The summed E-state index contributed by atoms with van der Waals surface area (Å²) in [6.07, 6.45) is 31.2. The van der Waals surface area contributed by atoms with Gasteiger partial charge in [0.2, 0.25) is 0 Å². The fraction of sp³-hybridized carbons (Fsp3) is 0.745. The molecule has 1 aliphatic carbocycles. The van der Waals surface area contributed by atoms with Crippen molar-refractivity contribution in [1.29, 1.82) is 0 Å². The number of carbonyl (C=O) groups excluding carboxylic acids is 2. The highest BCUT2D eigenvalue weighted by atomic mass is 31.2. The SMILES string of the molecule is CCCCC/C=C/C/C=C/C/C=C/CCCCCCC(=O)OC[C@@H](COP(=O)(O)OC1C(O)C(O)C(O)[C@H](O)C1O)OC(=O)CCCCCCC/C=C/C=C/CCCCCC. The van der Waals surface area contributed by atoms with Gasteiger partial charge in [-0.15, -0.1) is 0 Å². The van der Waals surface area contributed by atoms with E-state index in [-0.39, 0.29) is 12.8 Å². The molecule has 1 fully saturated rings. The molecule has 13 nitrogen and oxygen atoms in total. The fourth-order valence-electron chi connectivity index (χ4n) is 6.58. The lowest BCUT2D eigenvalue weighted by Gasteiger charge is -2.41. The van der Waals surface area contributed by atoms with E-state index in [1.54, 1.807) is 0 Å². The summed E-state index contributed by atoms with van der Waals surface area (Å²) in [6.45, 7) is 3.21. The summed E-state index contributed by atoms with van der Waals surface area (Å²) in [6, 6.07) is 0. The highest BCUT2D eigenvalue weighted by Crippen LogP contribution is 2.47. The Kier molecular flexibility index (Phi) is 34.3. The van der Waals surface area contributed by atoms with Crippen LogP contribution in [-0.4, -0.2) is 98.3 Å². The third-order valence-corrected chi connectivity index (χ3v) is 11.3. The van der Waals surface area contributed by atoms with Crippen LogP contribution in [0, 0.1) is 0 Å². The molecule has 8 atom stereocenters. The molecule has 0 radical (unpaired) electrons. The van der Waals surface area contributed by atoms with Crippen molar-refractivity contribution in [2.45, 2.75) is 211 Å². The molecule has 6 unspecified atom stereocenters. The maximum atomic E-state index is 12.8. The number of unbranched alkanes of at least 4 members (excludes halogenated alkanes) is 16. The topological polar surface area (TPSA) is 210 Å². The molecule has 0 amide bonds. The quantitative estimate of drug-likeness (QED) is 0.0113. The van der Waals surface area contributed by atoms with Crippen LogP contribution in [0.25, 0.3) is 0 Å². The first-order valence-electron chi connectivity index (χ1n) is 23.1. The minimum atomic E-state index is -5.13. The Morgan fingerprint density at radius 2 is 0.934 bits per heavy atom. The molecule has 0 heterocycles. The Bertz CT molecular complexity index is 1300. The number of hydrogen-bond donors (Lipinski definition) is 6. The zero-order valence-electron chi connectivity index (χ0n) is 37.2. The van der Waals surface area contributed by atoms with Gasteiger partial charge in [0.1, 0.15) is 43.2 Å². The van der Waals surface area contributed by atoms with E-state index in [9.17, 15) is 44.6 Å². The van der Waals surface area contributed by atoms with E-state index in [1.807, 2.05) is 0 Å². The molecule has 1 saturated carbocycles. The molecule has 0 saturated heterocycles. The van der Waals surface area contributed by atoms with E-state index < -0.39 is 75.7 Å². The van der Waals surface area contributed by atoms with E-state index in [0.717, 1.165) is 83.5 Å². The smallest absolute Gasteiger partial charge is 0.462 e. The lowest BCUT2D eigenvalue weighted by molar-refractivity contribution is -0.220. The largest absolute Gasteiger partial charge is 0.472 e. The standard InChI is InChI=1S/C47H81O13P/c1-3-5-7-9-11-13-15-17-19-20-22-23-25-27-29-31-33-35-40(48)57-37-39(38-58-61(55,56)60-47-45(53)43(51)42(50)44(52)46(47)54)59-41(49)36-34-32-30-28-26-24-21-18-16-14-12-10-8-6-4-2/h11,13-14,16-19,21-23,39,42-47,50-54H,3-10,12,15,20,24-38H2,1-2H3,(H,55,56)/b13-11+,16-14+,19-17+,21-18+,23-22+/t39-,42?,43-,44?,45?,46?,47?/m0/s1. The molecule has 352 valence electrons. The van der Waals surface area contributed by atoms with Crippen molar-refractivity contribution in [3.05, 3.63) is 60.8 Å². The first-order valence-corrected chi connectivity index (χ1v) is 24.6. The molecule has 0 aromatic heterocycles. The number of aliphatic hydroxyl groups is 5. The van der Waals surface area contributed by atoms with Crippen LogP contribution in [0.4, 0.5) is 0 Å². The molecule has 1 aliphatic rings. The molecular formula is C47H81O13P. The predicted octanol–water partition coefficient (Wildman–Crippen LogP) is 8.94. The molecule has 14 heteroatoms. The predicted molar refractivity (Wildman–Crippen MR) is 239 cm³/mol. The van der Waals surface area contributed by atoms with Gasteiger partial charge < -0.3 is 39.9 Å². The monoisotopic (exact) mass is 885 g/mol. The summed E-state index contributed by atoms with van der Waals surface area (Å²) >= 11 is 0. The van der Waals surface area contributed by atoms with Crippen molar-refractivity contribution in [2.75, 3.05) is 13.2 Å². The summed E-state index contributed by atoms with van der Waals surface area (Å²) in [4.78, 5) is 35.7. The third-order valence-electron chi connectivity index (χ3n) is 10.4. The van der Waals surface area contributed by atoms with Crippen molar-refractivity contribution in [2.24, 2.45) is 0 Å². The number of phosphoric acid groups is 1. The molecule has 6 N–H and O–H groups in total. The first-order chi connectivity index (χ1) is 29.4. The van der Waals surface area contributed by atoms with Crippen molar-refractivity contribution in [1.82, 2.24) is 0 Å². The summed E-state index contributed by atoms with van der Waals surface area (Å²) in [7, 11) is -5.13. The second kappa shape index (κ2) is 37.0. The number of carbonyl (C=O) groups is 2. The second-order valence-electron chi connectivity index (χ2n) is 15.9. The van der Waals surface area contributed by atoms with Crippen LogP contribution in [0.1, 0.15) is 168 Å². The molecular weight excluding hydrogens is 803 g/mol. The zero-order chi connectivity index (χ0) is 45.0. The number of aliphatic hydroxyl groups excluding tert-OH is 5. The van der Waals surface area contributed by atoms with Gasteiger partial charge in [0, 0.05) is 12.8 Å². The van der Waals surface area contributed by atoms with Gasteiger partial charge >= 0.3 is 19.8 Å². The van der Waals surface area contributed by atoms with Crippen LogP contribution in [-0.2, 0) is 32.7 Å². The third kappa shape index (κ3) is 29.5. The van der Waals surface area contributed by atoms with Crippen LogP contribution in [0.3, 0.4) is 0 Å². The maximum Gasteiger partial charge on any atom is 0.472 e. The van der Waals surface area contributed by atoms with Crippen molar-refractivity contribution in [3.63, 3.8) is 0 Å². The van der Waals surface area contributed by atoms with Gasteiger partial charge in [0.05, 0.1) is 6.61 Å². The van der Waals surface area contributed by atoms with Gasteiger partial charge in [-0.25, -0.2) is 4.57 Å². The molecule has 1 rings (SSSR count). The second-order valence-corrected chi connectivity index (χ2v) is 17.3. The summed E-state index contributed by atoms with van der Waals surface area (Å²) in [5.74, 6) is -1.15. The Hall–Kier alpha value is -2.45. The van der Waals surface area contributed by atoms with E-state index >= 15 is 0 Å². The van der Waals surface area contributed by atoms with Crippen LogP contribution in [0.15, 0.2) is 60.8 Å². The summed E-state index contributed by atoms with van der Waals surface area (Å²) in [5, 5.41) is 50.1.